The molecule has 0 radical (unpaired) electrons. The van der Waals surface area contributed by atoms with Crippen LogP contribution in [-0.4, -0.2) is 46.3 Å². The van der Waals surface area contributed by atoms with Crippen molar-refractivity contribution in [1.82, 2.24) is 18.8 Å². The van der Waals surface area contributed by atoms with Gasteiger partial charge in [-0.05, 0) is 43.0 Å². The topological polar surface area (TPSA) is 97.2 Å². The van der Waals surface area contributed by atoms with Crippen LogP contribution in [0.25, 0.3) is 5.82 Å². The Hall–Kier alpha value is -3.04. The standard InChI is InChI=1S/C21H23N5O3S/c1-16-6-5-11-26(13-16)30(28,29)18-9-10-20(22-12-18)25-14-19(23-15-25)21(27)24-17-7-3-2-4-8-17/h2-4,7-10,12,14-16H,5-6,11,13H2,1H3,(H,24,27)/t16-/m0/s1. The molecular weight excluding hydrogens is 402 g/mol. The molecule has 2 aromatic heterocycles. The Morgan fingerprint density at radius 1 is 1.13 bits per heavy atom. The molecule has 0 spiro atoms. The molecule has 1 atom stereocenters. The number of carbonyl (C=O) groups is 1. The second-order valence-corrected chi connectivity index (χ2v) is 9.39. The third kappa shape index (κ3) is 4.27. The van der Waals surface area contributed by atoms with E-state index in [1.54, 1.807) is 35.0 Å². The molecule has 1 fully saturated rings. The summed E-state index contributed by atoms with van der Waals surface area (Å²) in [6.45, 7) is 3.13. The fourth-order valence-electron chi connectivity index (χ4n) is 3.47. The minimum Gasteiger partial charge on any atom is -0.321 e. The van der Waals surface area contributed by atoms with Gasteiger partial charge < -0.3 is 5.32 Å². The lowest BCUT2D eigenvalue weighted by Crippen LogP contribution is -2.39. The average Bonchev–Trinajstić information content (AvgIpc) is 3.25. The Kier molecular flexibility index (Phi) is 5.65. The summed E-state index contributed by atoms with van der Waals surface area (Å²) in [5.74, 6) is 0.498. The summed E-state index contributed by atoms with van der Waals surface area (Å²) in [7, 11) is -3.55. The van der Waals surface area contributed by atoms with Crippen LogP contribution >= 0.6 is 0 Å². The summed E-state index contributed by atoms with van der Waals surface area (Å²) in [4.78, 5) is 20.9. The maximum absolute atomic E-state index is 12.9. The summed E-state index contributed by atoms with van der Waals surface area (Å²) in [5.41, 5.74) is 0.913. The number of benzene rings is 1. The van der Waals surface area contributed by atoms with Gasteiger partial charge in [-0.2, -0.15) is 4.31 Å². The van der Waals surface area contributed by atoms with Crippen molar-refractivity contribution < 1.29 is 13.2 Å². The van der Waals surface area contributed by atoms with Gasteiger partial charge >= 0.3 is 0 Å². The van der Waals surface area contributed by atoms with Gasteiger partial charge in [-0.3, -0.25) is 9.36 Å². The van der Waals surface area contributed by atoms with Crippen molar-refractivity contribution in [3.8, 4) is 5.82 Å². The highest BCUT2D eigenvalue weighted by Gasteiger charge is 2.28. The molecule has 1 aliphatic heterocycles. The molecule has 156 valence electrons. The molecule has 9 heteroatoms. The smallest absolute Gasteiger partial charge is 0.275 e. The predicted molar refractivity (Wildman–Crippen MR) is 113 cm³/mol. The van der Waals surface area contributed by atoms with Gasteiger partial charge in [-0.15, -0.1) is 0 Å². The van der Waals surface area contributed by atoms with Gasteiger partial charge in [-0.25, -0.2) is 18.4 Å². The number of pyridine rings is 1. The number of imidazole rings is 1. The van der Waals surface area contributed by atoms with E-state index in [2.05, 4.69) is 22.2 Å². The Labute approximate surface area is 175 Å². The van der Waals surface area contributed by atoms with Crippen LogP contribution in [0.15, 0.2) is 66.1 Å². The molecule has 0 saturated carbocycles. The second kappa shape index (κ2) is 8.37. The first kappa shape index (κ1) is 20.2. The molecule has 1 saturated heterocycles. The van der Waals surface area contributed by atoms with Crippen LogP contribution in [-0.2, 0) is 10.0 Å². The number of hydrogen-bond donors (Lipinski definition) is 1. The number of amides is 1. The Morgan fingerprint density at radius 3 is 2.63 bits per heavy atom. The number of hydrogen-bond acceptors (Lipinski definition) is 5. The van der Waals surface area contributed by atoms with E-state index in [1.165, 1.54) is 16.8 Å². The van der Waals surface area contributed by atoms with Gasteiger partial charge in [0.2, 0.25) is 10.0 Å². The molecule has 30 heavy (non-hydrogen) atoms. The number of aromatic nitrogens is 3. The van der Waals surface area contributed by atoms with Gasteiger partial charge in [0.15, 0.2) is 0 Å². The Balaban J connectivity index is 1.49. The van der Waals surface area contributed by atoms with Gasteiger partial charge in [0.25, 0.3) is 5.91 Å². The number of sulfonamides is 1. The zero-order valence-corrected chi connectivity index (χ0v) is 17.4. The predicted octanol–water partition coefficient (Wildman–Crippen LogP) is 2.94. The van der Waals surface area contributed by atoms with Crippen molar-refractivity contribution in [2.24, 2.45) is 5.92 Å². The fourth-order valence-corrected chi connectivity index (χ4v) is 5.02. The van der Waals surface area contributed by atoms with E-state index in [-0.39, 0.29) is 16.5 Å². The number of carbonyl (C=O) groups excluding carboxylic acids is 1. The van der Waals surface area contributed by atoms with E-state index in [1.807, 2.05) is 18.2 Å². The van der Waals surface area contributed by atoms with E-state index in [0.29, 0.717) is 30.5 Å². The first-order valence-electron chi connectivity index (χ1n) is 9.80. The van der Waals surface area contributed by atoms with Crippen LogP contribution in [0.3, 0.4) is 0 Å². The average molecular weight is 426 g/mol. The monoisotopic (exact) mass is 425 g/mol. The number of rotatable bonds is 5. The van der Waals surface area contributed by atoms with Gasteiger partial charge in [-0.1, -0.05) is 25.1 Å². The van der Waals surface area contributed by atoms with Gasteiger partial charge in [0.05, 0.1) is 0 Å². The van der Waals surface area contributed by atoms with Crippen LogP contribution in [0, 0.1) is 5.92 Å². The van der Waals surface area contributed by atoms with E-state index >= 15 is 0 Å². The largest absolute Gasteiger partial charge is 0.321 e. The van der Waals surface area contributed by atoms with Gasteiger partial charge in [0.1, 0.15) is 22.7 Å². The molecule has 8 nitrogen and oxygen atoms in total. The Bertz CT molecular complexity index is 1130. The number of piperidine rings is 1. The normalized spacial score (nSPS) is 17.6. The summed E-state index contributed by atoms with van der Waals surface area (Å²) in [5, 5.41) is 2.77. The molecular formula is C21H23N5O3S. The lowest BCUT2D eigenvalue weighted by Gasteiger charge is -2.29. The van der Waals surface area contributed by atoms with Crippen LogP contribution < -0.4 is 5.32 Å². The Morgan fingerprint density at radius 2 is 1.93 bits per heavy atom. The van der Waals surface area contributed by atoms with Crippen molar-refractivity contribution in [2.45, 2.75) is 24.7 Å². The molecule has 3 aromatic rings. The lowest BCUT2D eigenvalue weighted by molar-refractivity contribution is 0.102. The fraction of sp³-hybridized carbons (Fsp3) is 0.286. The van der Waals surface area contributed by atoms with Crippen molar-refractivity contribution in [3.63, 3.8) is 0 Å². The summed E-state index contributed by atoms with van der Waals surface area (Å²) in [6, 6.07) is 12.3. The van der Waals surface area contributed by atoms with E-state index in [4.69, 9.17) is 0 Å². The van der Waals surface area contributed by atoms with Crippen LogP contribution in [0.2, 0.25) is 0 Å². The molecule has 1 aliphatic rings. The van der Waals surface area contributed by atoms with Crippen molar-refractivity contribution >= 4 is 21.6 Å². The van der Waals surface area contributed by atoms with Crippen molar-refractivity contribution in [2.75, 3.05) is 18.4 Å². The van der Waals surface area contributed by atoms with Crippen LogP contribution in [0.5, 0.6) is 0 Å². The zero-order valence-electron chi connectivity index (χ0n) is 16.6. The minimum absolute atomic E-state index is 0.169. The van der Waals surface area contributed by atoms with Crippen LogP contribution in [0.4, 0.5) is 5.69 Å². The molecule has 1 N–H and O–H groups in total. The molecule has 1 aromatic carbocycles. The highest BCUT2D eigenvalue weighted by Crippen LogP contribution is 2.23. The molecule has 3 heterocycles. The molecule has 0 unspecified atom stereocenters. The number of nitrogens with one attached hydrogen (secondary N) is 1. The van der Waals surface area contributed by atoms with Crippen molar-refractivity contribution in [1.29, 1.82) is 0 Å². The molecule has 4 rings (SSSR count). The van der Waals surface area contributed by atoms with Gasteiger partial charge in [0, 0.05) is 31.2 Å². The highest BCUT2D eigenvalue weighted by molar-refractivity contribution is 7.89. The third-order valence-corrected chi connectivity index (χ3v) is 6.94. The van der Waals surface area contributed by atoms with E-state index in [9.17, 15) is 13.2 Å². The SMILES string of the molecule is C[C@H]1CCCN(S(=O)(=O)c2ccc(-n3cnc(C(=O)Nc4ccccc4)c3)nc2)C1. The number of anilines is 1. The van der Waals surface area contributed by atoms with Crippen molar-refractivity contribution in [3.05, 3.63) is 66.9 Å². The summed E-state index contributed by atoms with van der Waals surface area (Å²) < 4.78 is 28.8. The molecule has 1 amide bonds. The van der Waals surface area contributed by atoms with E-state index in [0.717, 1.165) is 12.8 Å². The first-order valence-corrected chi connectivity index (χ1v) is 11.2. The molecule has 0 bridgehead atoms. The zero-order chi connectivity index (χ0) is 21.1. The number of para-hydroxylation sites is 1. The van der Waals surface area contributed by atoms with Crippen LogP contribution in [0.1, 0.15) is 30.3 Å². The summed E-state index contributed by atoms with van der Waals surface area (Å²) >= 11 is 0. The molecule has 0 aliphatic carbocycles. The minimum atomic E-state index is -3.55. The first-order chi connectivity index (χ1) is 14.4. The lowest BCUT2D eigenvalue weighted by atomic mass is 10.0. The second-order valence-electron chi connectivity index (χ2n) is 7.45. The van der Waals surface area contributed by atoms with E-state index < -0.39 is 10.0 Å². The number of nitrogens with zero attached hydrogens (tertiary/aromatic N) is 4. The quantitative estimate of drug-likeness (QED) is 0.678. The maximum Gasteiger partial charge on any atom is 0.275 e. The maximum atomic E-state index is 12.9. The third-order valence-electron chi connectivity index (χ3n) is 5.09. The summed E-state index contributed by atoms with van der Waals surface area (Å²) in [6.07, 6.45) is 6.30. The highest BCUT2D eigenvalue weighted by atomic mass is 32.2.